The van der Waals surface area contributed by atoms with Gasteiger partial charge in [0.2, 0.25) is 0 Å². The number of nitrogens with one attached hydrogen (secondary N) is 2. The van der Waals surface area contributed by atoms with Crippen LogP contribution in [0.1, 0.15) is 5.69 Å². The van der Waals surface area contributed by atoms with Crippen LogP contribution in [0.2, 0.25) is 0 Å². The standard InChI is InChI=1S/C15H14F3N3O3/c16-15(17,18)12-11(9-4-2-1-3-5-9)13(21-20-12)19-14(22)10-8-23-6-7-24-10/h1-5,10H,6-8H2,(H2,19,20,21,22). The third kappa shape index (κ3) is 3.41. The lowest BCUT2D eigenvalue weighted by Gasteiger charge is -2.21. The summed E-state index contributed by atoms with van der Waals surface area (Å²) in [4.78, 5) is 12.2. The number of amides is 1. The molecule has 1 aromatic carbocycles. The number of halogens is 3. The van der Waals surface area contributed by atoms with Crippen molar-refractivity contribution in [1.82, 2.24) is 10.2 Å². The van der Waals surface area contributed by atoms with Crippen LogP contribution >= 0.6 is 0 Å². The molecule has 3 rings (SSSR count). The first-order valence-corrected chi connectivity index (χ1v) is 7.18. The van der Waals surface area contributed by atoms with Gasteiger partial charge in [0.15, 0.2) is 11.9 Å². The quantitative estimate of drug-likeness (QED) is 0.899. The van der Waals surface area contributed by atoms with E-state index in [4.69, 9.17) is 9.47 Å². The minimum atomic E-state index is -4.63. The van der Waals surface area contributed by atoms with Crippen LogP contribution in [0.5, 0.6) is 0 Å². The van der Waals surface area contributed by atoms with Gasteiger partial charge in [0, 0.05) is 0 Å². The molecule has 0 aliphatic carbocycles. The molecule has 2 aromatic rings. The Labute approximate surface area is 135 Å². The molecule has 0 saturated carbocycles. The number of anilines is 1. The molecule has 2 N–H and O–H groups in total. The Morgan fingerprint density at radius 3 is 2.62 bits per heavy atom. The van der Waals surface area contributed by atoms with Crippen molar-refractivity contribution in [2.75, 3.05) is 25.1 Å². The number of benzene rings is 1. The van der Waals surface area contributed by atoms with Crippen LogP contribution in [0.4, 0.5) is 19.0 Å². The number of carbonyl (C=O) groups excluding carboxylic acids is 1. The van der Waals surface area contributed by atoms with Crippen molar-refractivity contribution in [3.8, 4) is 11.1 Å². The zero-order valence-corrected chi connectivity index (χ0v) is 12.4. The molecule has 6 nitrogen and oxygen atoms in total. The van der Waals surface area contributed by atoms with Crippen molar-refractivity contribution in [3.63, 3.8) is 0 Å². The molecule has 1 amide bonds. The average Bonchev–Trinajstić information content (AvgIpc) is 3.00. The number of rotatable bonds is 3. The molecule has 1 unspecified atom stereocenters. The van der Waals surface area contributed by atoms with E-state index in [9.17, 15) is 18.0 Å². The number of alkyl halides is 3. The lowest BCUT2D eigenvalue weighted by Crippen LogP contribution is -2.39. The predicted molar refractivity (Wildman–Crippen MR) is 78.2 cm³/mol. The highest BCUT2D eigenvalue weighted by atomic mass is 19.4. The van der Waals surface area contributed by atoms with Crippen LogP contribution in [0, 0.1) is 0 Å². The fourth-order valence-corrected chi connectivity index (χ4v) is 2.36. The molecule has 1 aliphatic rings. The molecular formula is C15H14F3N3O3. The van der Waals surface area contributed by atoms with E-state index in [1.165, 1.54) is 12.1 Å². The van der Waals surface area contributed by atoms with Gasteiger partial charge >= 0.3 is 6.18 Å². The second-order valence-electron chi connectivity index (χ2n) is 5.11. The molecule has 1 saturated heterocycles. The maximum absolute atomic E-state index is 13.2. The van der Waals surface area contributed by atoms with Crippen molar-refractivity contribution in [1.29, 1.82) is 0 Å². The first-order valence-electron chi connectivity index (χ1n) is 7.18. The van der Waals surface area contributed by atoms with E-state index < -0.39 is 23.9 Å². The van der Waals surface area contributed by atoms with Gasteiger partial charge in [-0.3, -0.25) is 9.89 Å². The Bertz CT molecular complexity index is 710. The highest BCUT2D eigenvalue weighted by Gasteiger charge is 2.38. The second-order valence-corrected chi connectivity index (χ2v) is 5.11. The summed E-state index contributed by atoms with van der Waals surface area (Å²) in [5, 5.41) is 7.96. The third-order valence-corrected chi connectivity index (χ3v) is 3.46. The highest BCUT2D eigenvalue weighted by molar-refractivity contribution is 5.97. The van der Waals surface area contributed by atoms with Crippen LogP contribution in [-0.4, -0.2) is 42.0 Å². The van der Waals surface area contributed by atoms with Crippen LogP contribution in [0.25, 0.3) is 11.1 Å². The van der Waals surface area contributed by atoms with Crippen LogP contribution in [-0.2, 0) is 20.4 Å². The van der Waals surface area contributed by atoms with Crippen molar-refractivity contribution < 1.29 is 27.4 Å². The molecule has 1 aromatic heterocycles. The molecule has 1 fully saturated rings. The first kappa shape index (κ1) is 16.5. The Balaban J connectivity index is 1.93. The van der Waals surface area contributed by atoms with Gasteiger partial charge in [-0.1, -0.05) is 30.3 Å². The number of aromatic nitrogens is 2. The van der Waals surface area contributed by atoms with E-state index in [1.807, 2.05) is 5.10 Å². The summed E-state index contributed by atoms with van der Waals surface area (Å²) in [5.41, 5.74) is -0.951. The Morgan fingerprint density at radius 2 is 2.00 bits per heavy atom. The smallest absolute Gasteiger partial charge is 0.376 e. The lowest BCUT2D eigenvalue weighted by atomic mass is 10.0. The summed E-state index contributed by atoms with van der Waals surface area (Å²) in [6.45, 7) is 0.667. The van der Waals surface area contributed by atoms with Gasteiger partial charge in [0.1, 0.15) is 5.69 Å². The summed E-state index contributed by atoms with van der Waals surface area (Å²) in [5.74, 6) is -0.806. The third-order valence-electron chi connectivity index (χ3n) is 3.46. The first-order chi connectivity index (χ1) is 11.5. The average molecular weight is 341 g/mol. The van der Waals surface area contributed by atoms with Crippen molar-refractivity contribution in [3.05, 3.63) is 36.0 Å². The number of nitrogens with zero attached hydrogens (tertiary/aromatic N) is 1. The van der Waals surface area contributed by atoms with Crippen molar-refractivity contribution >= 4 is 11.7 Å². The number of H-pyrrole nitrogens is 1. The normalized spacial score (nSPS) is 18.4. The Morgan fingerprint density at radius 1 is 1.25 bits per heavy atom. The van der Waals surface area contributed by atoms with E-state index in [1.54, 1.807) is 18.2 Å². The number of ether oxygens (including phenoxy) is 2. The molecule has 0 bridgehead atoms. The summed E-state index contributed by atoms with van der Waals surface area (Å²) in [7, 11) is 0. The fraction of sp³-hybridized carbons (Fsp3) is 0.333. The van der Waals surface area contributed by atoms with E-state index in [-0.39, 0.29) is 30.2 Å². The topological polar surface area (TPSA) is 76.2 Å². The SMILES string of the molecule is O=C(Nc1n[nH]c(C(F)(F)F)c1-c1ccccc1)C1COCCO1. The highest BCUT2D eigenvalue weighted by Crippen LogP contribution is 2.39. The van der Waals surface area contributed by atoms with E-state index >= 15 is 0 Å². The van der Waals surface area contributed by atoms with Gasteiger partial charge in [0.25, 0.3) is 5.91 Å². The molecule has 0 spiro atoms. The number of hydrogen-bond donors (Lipinski definition) is 2. The van der Waals surface area contributed by atoms with Gasteiger partial charge in [-0.15, -0.1) is 0 Å². The summed E-state index contributed by atoms with van der Waals surface area (Å²) in [6.07, 6.45) is -5.51. The molecule has 2 heterocycles. The lowest BCUT2D eigenvalue weighted by molar-refractivity contribution is -0.142. The van der Waals surface area contributed by atoms with Crippen LogP contribution in [0.3, 0.4) is 0 Å². The maximum atomic E-state index is 13.2. The van der Waals surface area contributed by atoms with Crippen molar-refractivity contribution in [2.24, 2.45) is 0 Å². The van der Waals surface area contributed by atoms with Gasteiger partial charge < -0.3 is 14.8 Å². The number of hydrogen-bond acceptors (Lipinski definition) is 4. The molecule has 24 heavy (non-hydrogen) atoms. The zero-order valence-electron chi connectivity index (χ0n) is 12.4. The monoisotopic (exact) mass is 341 g/mol. The van der Waals surface area contributed by atoms with E-state index in [2.05, 4.69) is 10.4 Å². The minimum absolute atomic E-state index is 0.0447. The zero-order chi connectivity index (χ0) is 17.2. The van der Waals surface area contributed by atoms with Gasteiger partial charge in [0.05, 0.1) is 25.4 Å². The van der Waals surface area contributed by atoms with Crippen LogP contribution < -0.4 is 5.32 Å². The van der Waals surface area contributed by atoms with Gasteiger partial charge in [-0.05, 0) is 5.56 Å². The minimum Gasteiger partial charge on any atom is -0.376 e. The van der Waals surface area contributed by atoms with E-state index in [0.29, 0.717) is 6.61 Å². The number of carbonyl (C=O) groups is 1. The Hall–Kier alpha value is -2.39. The summed E-state index contributed by atoms with van der Waals surface area (Å²) >= 11 is 0. The molecule has 1 atom stereocenters. The van der Waals surface area contributed by atoms with Crippen LogP contribution in [0.15, 0.2) is 30.3 Å². The predicted octanol–water partition coefficient (Wildman–Crippen LogP) is 2.45. The van der Waals surface area contributed by atoms with Crippen molar-refractivity contribution in [2.45, 2.75) is 12.3 Å². The summed E-state index contributed by atoms with van der Waals surface area (Å²) in [6, 6.07) is 7.91. The largest absolute Gasteiger partial charge is 0.433 e. The summed E-state index contributed by atoms with van der Waals surface area (Å²) < 4.78 is 50.0. The van der Waals surface area contributed by atoms with E-state index in [0.717, 1.165) is 0 Å². The number of aromatic amines is 1. The van der Waals surface area contributed by atoms with Gasteiger partial charge in [-0.2, -0.15) is 18.3 Å². The molecule has 9 heteroatoms. The molecule has 128 valence electrons. The molecular weight excluding hydrogens is 327 g/mol. The Kier molecular flexibility index (Phi) is 4.54. The molecule has 1 aliphatic heterocycles. The van der Waals surface area contributed by atoms with Gasteiger partial charge in [-0.25, -0.2) is 0 Å². The fourth-order valence-electron chi connectivity index (χ4n) is 2.36. The maximum Gasteiger partial charge on any atom is 0.433 e. The second kappa shape index (κ2) is 6.62. The molecule has 0 radical (unpaired) electrons.